The van der Waals surface area contributed by atoms with Gasteiger partial charge in [-0.05, 0) is 12.1 Å². The van der Waals surface area contributed by atoms with Gasteiger partial charge in [-0.15, -0.1) is 0 Å². The van der Waals surface area contributed by atoms with Crippen molar-refractivity contribution in [1.29, 1.82) is 0 Å². The van der Waals surface area contributed by atoms with Gasteiger partial charge in [0.05, 0.1) is 11.0 Å². The first-order valence-electron chi connectivity index (χ1n) is 6.71. The molecule has 0 aliphatic rings. The van der Waals surface area contributed by atoms with Gasteiger partial charge in [-0.1, -0.05) is 12.1 Å². The van der Waals surface area contributed by atoms with E-state index in [1.54, 1.807) is 0 Å². The molecule has 0 amide bonds. The predicted molar refractivity (Wildman–Crippen MR) is 82.7 cm³/mol. The van der Waals surface area contributed by atoms with Crippen LogP contribution in [0.4, 0.5) is 0 Å². The van der Waals surface area contributed by atoms with Gasteiger partial charge < -0.3 is 9.97 Å². The second-order valence-electron chi connectivity index (χ2n) is 4.78. The van der Waals surface area contributed by atoms with Gasteiger partial charge in [-0.2, -0.15) is 0 Å². The molecule has 10 heteroatoms. The Labute approximate surface area is 129 Å². The standard InChI is InChI=1S/C13H13N5O4S/c19-12-10(7-14-13(20)18-12)23(21,22)15-6-5-11-16-8-3-1-2-4-9(8)17-11/h1-4,7,15H,5-6H2,(H,16,17)(H2,14,18,19,20). The van der Waals surface area contributed by atoms with Crippen molar-refractivity contribution in [2.75, 3.05) is 6.54 Å². The maximum atomic E-state index is 12.0. The first-order valence-corrected chi connectivity index (χ1v) is 8.19. The zero-order valence-corrected chi connectivity index (χ0v) is 12.6. The highest BCUT2D eigenvalue weighted by molar-refractivity contribution is 7.89. The fraction of sp³-hybridized carbons (Fsp3) is 0.154. The Balaban J connectivity index is 1.72. The van der Waals surface area contributed by atoms with Crippen LogP contribution in [0.1, 0.15) is 5.82 Å². The molecule has 3 rings (SSSR count). The quantitative estimate of drug-likeness (QED) is 0.495. The van der Waals surface area contributed by atoms with Crippen LogP contribution >= 0.6 is 0 Å². The highest BCUT2D eigenvalue weighted by Gasteiger charge is 2.18. The molecule has 0 saturated carbocycles. The first kappa shape index (κ1) is 15.2. The van der Waals surface area contributed by atoms with Crippen LogP contribution in [0.25, 0.3) is 11.0 Å². The predicted octanol–water partition coefficient (Wildman–Crippen LogP) is -0.540. The summed E-state index contributed by atoms with van der Waals surface area (Å²) < 4.78 is 26.4. The number of aromatic amines is 3. The van der Waals surface area contributed by atoms with E-state index in [0.717, 1.165) is 17.2 Å². The van der Waals surface area contributed by atoms with Crippen molar-refractivity contribution in [3.05, 3.63) is 57.1 Å². The third kappa shape index (κ3) is 3.22. The number of sulfonamides is 1. The molecule has 3 aromatic rings. The minimum atomic E-state index is -4.01. The summed E-state index contributed by atoms with van der Waals surface area (Å²) in [6.45, 7) is 0.0563. The molecule has 4 N–H and O–H groups in total. The lowest BCUT2D eigenvalue weighted by atomic mass is 10.3. The number of hydrogen-bond acceptors (Lipinski definition) is 5. The smallest absolute Gasteiger partial charge is 0.325 e. The second kappa shape index (κ2) is 5.82. The van der Waals surface area contributed by atoms with E-state index in [1.807, 2.05) is 29.2 Å². The van der Waals surface area contributed by atoms with E-state index in [1.165, 1.54) is 0 Å². The van der Waals surface area contributed by atoms with Gasteiger partial charge >= 0.3 is 5.69 Å². The van der Waals surface area contributed by atoms with E-state index in [2.05, 4.69) is 19.7 Å². The normalized spacial score (nSPS) is 11.8. The van der Waals surface area contributed by atoms with Gasteiger partial charge in [-0.25, -0.2) is 22.9 Å². The van der Waals surface area contributed by atoms with Crippen molar-refractivity contribution in [3.8, 4) is 0 Å². The zero-order chi connectivity index (χ0) is 16.4. The Morgan fingerprint density at radius 3 is 2.65 bits per heavy atom. The number of para-hydroxylation sites is 2. The minimum Gasteiger partial charge on any atom is -0.342 e. The molecule has 2 aromatic heterocycles. The molecule has 0 spiro atoms. The number of nitrogens with zero attached hydrogens (tertiary/aromatic N) is 1. The molecular formula is C13H13N5O4S. The lowest BCUT2D eigenvalue weighted by Gasteiger charge is -2.04. The van der Waals surface area contributed by atoms with E-state index in [4.69, 9.17) is 0 Å². The van der Waals surface area contributed by atoms with Crippen molar-refractivity contribution >= 4 is 21.1 Å². The molecule has 9 nitrogen and oxygen atoms in total. The largest absolute Gasteiger partial charge is 0.342 e. The van der Waals surface area contributed by atoms with Gasteiger partial charge in [0.25, 0.3) is 5.56 Å². The lowest BCUT2D eigenvalue weighted by molar-refractivity contribution is 0.578. The summed E-state index contributed by atoms with van der Waals surface area (Å²) in [6, 6.07) is 7.45. The molecule has 0 aliphatic heterocycles. The highest BCUT2D eigenvalue weighted by atomic mass is 32.2. The number of hydrogen-bond donors (Lipinski definition) is 4. The summed E-state index contributed by atoms with van der Waals surface area (Å²) in [5.74, 6) is 0.629. The second-order valence-corrected chi connectivity index (χ2v) is 6.52. The molecular weight excluding hydrogens is 322 g/mol. The molecule has 0 aliphatic carbocycles. The first-order chi connectivity index (χ1) is 11.0. The summed E-state index contributed by atoms with van der Waals surface area (Å²) in [6.07, 6.45) is 1.19. The van der Waals surface area contributed by atoms with Crippen LogP contribution < -0.4 is 16.0 Å². The molecule has 0 radical (unpaired) electrons. The molecule has 2 heterocycles. The fourth-order valence-electron chi connectivity index (χ4n) is 2.10. The summed E-state index contributed by atoms with van der Waals surface area (Å²) >= 11 is 0. The molecule has 0 unspecified atom stereocenters. The maximum absolute atomic E-state index is 12.0. The topological polar surface area (TPSA) is 141 Å². The van der Waals surface area contributed by atoms with Crippen LogP contribution in [0.5, 0.6) is 0 Å². The molecule has 0 atom stereocenters. The van der Waals surface area contributed by atoms with Crippen molar-refractivity contribution in [2.24, 2.45) is 0 Å². The van der Waals surface area contributed by atoms with Crippen LogP contribution in [0.15, 0.2) is 44.9 Å². The van der Waals surface area contributed by atoms with Crippen molar-refractivity contribution in [3.63, 3.8) is 0 Å². The molecule has 23 heavy (non-hydrogen) atoms. The van der Waals surface area contributed by atoms with Gasteiger partial charge in [0, 0.05) is 19.2 Å². The third-order valence-electron chi connectivity index (χ3n) is 3.17. The van der Waals surface area contributed by atoms with Crippen LogP contribution in [0.3, 0.4) is 0 Å². The number of nitrogens with one attached hydrogen (secondary N) is 4. The summed E-state index contributed by atoms with van der Waals surface area (Å²) in [4.78, 5) is 33.3. The number of benzene rings is 1. The zero-order valence-electron chi connectivity index (χ0n) is 11.8. The van der Waals surface area contributed by atoms with E-state index < -0.39 is 26.2 Å². The Morgan fingerprint density at radius 2 is 1.91 bits per heavy atom. The Bertz CT molecular complexity index is 1030. The fourth-order valence-corrected chi connectivity index (χ4v) is 3.14. The van der Waals surface area contributed by atoms with E-state index in [-0.39, 0.29) is 6.54 Å². The molecule has 120 valence electrons. The monoisotopic (exact) mass is 335 g/mol. The molecule has 0 bridgehead atoms. The Kier molecular flexibility index (Phi) is 3.84. The van der Waals surface area contributed by atoms with Gasteiger partial charge in [0.15, 0.2) is 4.90 Å². The number of imidazole rings is 1. The summed E-state index contributed by atoms with van der Waals surface area (Å²) in [5, 5.41) is 0. The third-order valence-corrected chi connectivity index (χ3v) is 4.63. The number of rotatable bonds is 5. The van der Waals surface area contributed by atoms with E-state index >= 15 is 0 Å². The lowest BCUT2D eigenvalue weighted by Crippen LogP contribution is -2.34. The van der Waals surface area contributed by atoms with Crippen LogP contribution in [0.2, 0.25) is 0 Å². The molecule has 1 aromatic carbocycles. The van der Waals surface area contributed by atoms with Crippen molar-refractivity contribution < 1.29 is 8.42 Å². The Morgan fingerprint density at radius 1 is 1.13 bits per heavy atom. The van der Waals surface area contributed by atoms with E-state index in [0.29, 0.717) is 12.2 Å². The van der Waals surface area contributed by atoms with Crippen LogP contribution in [-0.2, 0) is 16.4 Å². The minimum absolute atomic E-state index is 0.0563. The summed E-state index contributed by atoms with van der Waals surface area (Å²) in [7, 11) is -4.01. The summed E-state index contributed by atoms with van der Waals surface area (Å²) in [5.41, 5.74) is -0.0777. The average molecular weight is 335 g/mol. The number of aromatic nitrogens is 4. The van der Waals surface area contributed by atoms with E-state index in [9.17, 15) is 18.0 Å². The number of fused-ring (bicyclic) bond motifs is 1. The van der Waals surface area contributed by atoms with Crippen molar-refractivity contribution in [2.45, 2.75) is 11.3 Å². The number of H-pyrrole nitrogens is 3. The molecule has 0 fully saturated rings. The average Bonchev–Trinajstić information content (AvgIpc) is 2.89. The maximum Gasteiger partial charge on any atom is 0.325 e. The van der Waals surface area contributed by atoms with Gasteiger partial charge in [0.1, 0.15) is 5.82 Å². The van der Waals surface area contributed by atoms with Crippen LogP contribution in [-0.4, -0.2) is 34.9 Å². The Hall–Kier alpha value is -2.72. The van der Waals surface area contributed by atoms with Crippen LogP contribution in [0, 0.1) is 0 Å². The molecule has 0 saturated heterocycles. The van der Waals surface area contributed by atoms with Gasteiger partial charge in [-0.3, -0.25) is 9.78 Å². The SMILES string of the molecule is O=c1[nH]cc(S(=O)(=O)NCCc2nc3ccccc3[nH]2)c(=O)[nH]1. The highest BCUT2D eigenvalue weighted by Crippen LogP contribution is 2.10. The van der Waals surface area contributed by atoms with Crippen molar-refractivity contribution in [1.82, 2.24) is 24.7 Å². The van der Waals surface area contributed by atoms with Gasteiger partial charge in [0.2, 0.25) is 10.0 Å².